The predicted molar refractivity (Wildman–Crippen MR) is 102 cm³/mol. The molecule has 0 atom stereocenters. The van der Waals surface area contributed by atoms with Crippen LogP contribution in [0, 0.1) is 0 Å². The van der Waals surface area contributed by atoms with E-state index < -0.39 is 17.8 Å². The molecule has 9 heteroatoms. The molecule has 2 N–H and O–H groups in total. The molecule has 0 saturated carbocycles. The predicted octanol–water partition coefficient (Wildman–Crippen LogP) is 3.75. The van der Waals surface area contributed by atoms with Gasteiger partial charge in [0.15, 0.2) is 0 Å². The summed E-state index contributed by atoms with van der Waals surface area (Å²) in [6.07, 6.45) is -4.50. The van der Waals surface area contributed by atoms with Gasteiger partial charge >= 0.3 is 12.2 Å². The number of halogens is 3. The topological polar surface area (TPSA) is 76.0 Å². The minimum atomic E-state index is -4.50. The van der Waals surface area contributed by atoms with E-state index in [1.807, 2.05) is 30.3 Å². The number of hydrogen-bond donors (Lipinski definition) is 2. The zero-order chi connectivity index (χ0) is 20.9. The summed E-state index contributed by atoms with van der Waals surface area (Å²) in [4.78, 5) is 23.9. The number of amides is 2. The summed E-state index contributed by atoms with van der Waals surface area (Å²) in [5, 5.41) is 9.10. The van der Waals surface area contributed by atoms with Crippen LogP contribution in [0.3, 0.4) is 0 Å². The monoisotopic (exact) mass is 402 g/mol. The first-order valence-electron chi connectivity index (χ1n) is 8.68. The summed E-state index contributed by atoms with van der Waals surface area (Å²) in [5.41, 5.74) is 0.280. The van der Waals surface area contributed by atoms with Crippen molar-refractivity contribution in [1.82, 2.24) is 15.1 Å². The number of urea groups is 1. The molecule has 1 heterocycles. The van der Waals surface area contributed by atoms with Crippen LogP contribution in [0.25, 0.3) is 11.3 Å². The van der Waals surface area contributed by atoms with Gasteiger partial charge in [-0.3, -0.25) is 4.79 Å². The van der Waals surface area contributed by atoms with Crippen molar-refractivity contribution in [3.05, 3.63) is 82.6 Å². The number of benzene rings is 2. The van der Waals surface area contributed by atoms with Gasteiger partial charge in [-0.05, 0) is 24.3 Å². The van der Waals surface area contributed by atoms with Crippen molar-refractivity contribution < 1.29 is 18.0 Å². The molecule has 2 aromatic carbocycles. The maximum absolute atomic E-state index is 12.7. The number of aromatic nitrogens is 2. The van der Waals surface area contributed by atoms with E-state index in [1.165, 1.54) is 22.9 Å². The molecular formula is C20H17F3N4O2. The van der Waals surface area contributed by atoms with E-state index in [-0.39, 0.29) is 24.3 Å². The molecular weight excluding hydrogens is 385 g/mol. The Morgan fingerprint density at radius 1 is 1.00 bits per heavy atom. The highest BCUT2D eigenvalue weighted by Crippen LogP contribution is 2.30. The Morgan fingerprint density at radius 3 is 2.48 bits per heavy atom. The van der Waals surface area contributed by atoms with E-state index in [4.69, 9.17) is 0 Å². The molecule has 0 radical (unpaired) electrons. The van der Waals surface area contributed by atoms with Crippen molar-refractivity contribution in [1.29, 1.82) is 0 Å². The van der Waals surface area contributed by atoms with Gasteiger partial charge in [0.2, 0.25) is 0 Å². The lowest BCUT2D eigenvalue weighted by Gasteiger charge is -2.11. The average Bonchev–Trinajstić information content (AvgIpc) is 2.69. The Kier molecular flexibility index (Phi) is 5.96. The fourth-order valence-electron chi connectivity index (χ4n) is 2.60. The van der Waals surface area contributed by atoms with Gasteiger partial charge in [-0.25, -0.2) is 9.48 Å². The maximum Gasteiger partial charge on any atom is 0.416 e. The maximum atomic E-state index is 12.7. The molecule has 0 aliphatic heterocycles. The third-order valence-corrected chi connectivity index (χ3v) is 3.99. The zero-order valence-electron chi connectivity index (χ0n) is 15.1. The SMILES string of the molecule is O=C(NCCn1nc(-c2ccccc2)ccc1=O)Nc1cccc(C(F)(F)F)c1. The molecule has 0 spiro atoms. The molecule has 150 valence electrons. The molecule has 0 aliphatic rings. The van der Waals surface area contributed by atoms with E-state index in [0.717, 1.165) is 17.7 Å². The molecule has 1 aromatic heterocycles. The highest BCUT2D eigenvalue weighted by molar-refractivity contribution is 5.89. The van der Waals surface area contributed by atoms with E-state index in [0.29, 0.717) is 5.69 Å². The third kappa shape index (κ3) is 5.44. The van der Waals surface area contributed by atoms with Gasteiger partial charge in [0, 0.05) is 23.9 Å². The summed E-state index contributed by atoms with van der Waals surface area (Å²) >= 11 is 0. The van der Waals surface area contributed by atoms with Gasteiger partial charge in [0.25, 0.3) is 5.56 Å². The number of nitrogens with one attached hydrogen (secondary N) is 2. The molecule has 29 heavy (non-hydrogen) atoms. The summed E-state index contributed by atoms with van der Waals surface area (Å²) < 4.78 is 39.4. The van der Waals surface area contributed by atoms with E-state index in [1.54, 1.807) is 6.07 Å². The lowest BCUT2D eigenvalue weighted by molar-refractivity contribution is -0.137. The van der Waals surface area contributed by atoms with Gasteiger partial charge in [0.1, 0.15) is 0 Å². The molecule has 3 aromatic rings. The largest absolute Gasteiger partial charge is 0.416 e. The third-order valence-electron chi connectivity index (χ3n) is 3.99. The second-order valence-electron chi connectivity index (χ2n) is 6.11. The first-order chi connectivity index (χ1) is 13.8. The van der Waals surface area contributed by atoms with E-state index in [2.05, 4.69) is 15.7 Å². The minimum absolute atomic E-state index is 0.0127. The average molecular weight is 402 g/mol. The van der Waals surface area contributed by atoms with Gasteiger partial charge in [-0.2, -0.15) is 18.3 Å². The molecule has 0 bridgehead atoms. The number of anilines is 1. The van der Waals surface area contributed by atoms with Crippen LogP contribution in [0.15, 0.2) is 71.5 Å². The summed E-state index contributed by atoms with van der Waals surface area (Å²) in [6.45, 7) is 0.172. The fraction of sp³-hybridized carbons (Fsp3) is 0.150. The van der Waals surface area contributed by atoms with Crippen molar-refractivity contribution in [3.8, 4) is 11.3 Å². The Morgan fingerprint density at radius 2 is 1.76 bits per heavy atom. The Bertz CT molecular complexity index is 1050. The van der Waals surface area contributed by atoms with Crippen LogP contribution in [0.4, 0.5) is 23.7 Å². The fourth-order valence-corrected chi connectivity index (χ4v) is 2.60. The van der Waals surface area contributed by atoms with Crippen molar-refractivity contribution in [2.75, 3.05) is 11.9 Å². The van der Waals surface area contributed by atoms with Gasteiger partial charge < -0.3 is 10.6 Å². The summed E-state index contributed by atoms with van der Waals surface area (Å²) in [7, 11) is 0. The lowest BCUT2D eigenvalue weighted by Crippen LogP contribution is -2.34. The van der Waals surface area contributed by atoms with Crippen LogP contribution < -0.4 is 16.2 Å². The van der Waals surface area contributed by atoms with Crippen molar-refractivity contribution in [2.24, 2.45) is 0 Å². The van der Waals surface area contributed by atoms with Crippen LogP contribution in [0.5, 0.6) is 0 Å². The molecule has 2 amide bonds. The first kappa shape index (κ1) is 20.1. The second kappa shape index (κ2) is 8.59. The van der Waals surface area contributed by atoms with Gasteiger partial charge in [0.05, 0.1) is 17.8 Å². The minimum Gasteiger partial charge on any atom is -0.336 e. The molecule has 0 aliphatic carbocycles. The van der Waals surface area contributed by atoms with Crippen LogP contribution in [0.1, 0.15) is 5.56 Å². The smallest absolute Gasteiger partial charge is 0.336 e. The second-order valence-corrected chi connectivity index (χ2v) is 6.11. The number of alkyl halides is 3. The normalized spacial score (nSPS) is 11.1. The molecule has 0 unspecified atom stereocenters. The molecule has 3 rings (SSSR count). The number of nitrogens with zero attached hydrogens (tertiary/aromatic N) is 2. The standard InChI is InChI=1S/C20H17F3N4O2/c21-20(22,23)15-7-4-8-16(13-15)25-19(29)24-11-12-27-18(28)10-9-17(26-27)14-5-2-1-3-6-14/h1-10,13H,11-12H2,(H2,24,25,29). The Balaban J connectivity index is 1.59. The highest BCUT2D eigenvalue weighted by Gasteiger charge is 2.30. The number of rotatable bonds is 5. The van der Waals surface area contributed by atoms with Crippen LogP contribution in [0.2, 0.25) is 0 Å². The van der Waals surface area contributed by atoms with Crippen molar-refractivity contribution in [3.63, 3.8) is 0 Å². The highest BCUT2D eigenvalue weighted by atomic mass is 19.4. The Labute approximate surface area is 164 Å². The Hall–Kier alpha value is -3.62. The number of hydrogen-bond acceptors (Lipinski definition) is 3. The lowest BCUT2D eigenvalue weighted by atomic mass is 10.1. The quantitative estimate of drug-likeness (QED) is 0.683. The molecule has 6 nitrogen and oxygen atoms in total. The van der Waals surface area contributed by atoms with Crippen LogP contribution in [-0.4, -0.2) is 22.4 Å². The molecule has 0 saturated heterocycles. The van der Waals surface area contributed by atoms with Crippen molar-refractivity contribution in [2.45, 2.75) is 12.7 Å². The molecule has 0 fully saturated rings. The zero-order valence-corrected chi connectivity index (χ0v) is 15.1. The first-order valence-corrected chi connectivity index (χ1v) is 8.68. The summed E-state index contributed by atoms with van der Waals surface area (Å²) in [5.74, 6) is 0. The van der Waals surface area contributed by atoms with Gasteiger partial charge in [-0.1, -0.05) is 36.4 Å². The van der Waals surface area contributed by atoms with E-state index in [9.17, 15) is 22.8 Å². The number of carbonyl (C=O) groups is 1. The summed E-state index contributed by atoms with van der Waals surface area (Å²) in [6, 6.07) is 15.9. The van der Waals surface area contributed by atoms with E-state index >= 15 is 0 Å². The number of carbonyl (C=O) groups excluding carboxylic acids is 1. The van der Waals surface area contributed by atoms with Crippen LogP contribution >= 0.6 is 0 Å². The van der Waals surface area contributed by atoms with Crippen LogP contribution in [-0.2, 0) is 12.7 Å². The van der Waals surface area contributed by atoms with Gasteiger partial charge in [-0.15, -0.1) is 0 Å². The van der Waals surface area contributed by atoms with Crippen molar-refractivity contribution >= 4 is 11.7 Å².